The standard InChI is InChI=1S/C23H18BrNO2/c24-19-13-11-18(12-14-19)21-20(17-9-5-2-6-10-17)22(26)23(27)25(21)15-16-7-3-1-4-8-16/h1-14,21,26H,15H2. The molecular formula is C23H18BrNO2. The molecule has 0 spiro atoms. The Bertz CT molecular complexity index is 982. The molecule has 1 heterocycles. The molecule has 1 N–H and O–H groups in total. The van der Waals surface area contributed by atoms with E-state index in [0.717, 1.165) is 21.2 Å². The average molecular weight is 420 g/mol. The molecule has 1 atom stereocenters. The van der Waals surface area contributed by atoms with Crippen molar-refractivity contribution in [1.29, 1.82) is 0 Å². The Kier molecular flexibility index (Phi) is 4.82. The maximum atomic E-state index is 13.0. The number of aliphatic hydroxyl groups excluding tert-OH is 1. The van der Waals surface area contributed by atoms with Gasteiger partial charge in [0.05, 0.1) is 6.04 Å². The van der Waals surface area contributed by atoms with Crippen LogP contribution in [0, 0.1) is 0 Å². The van der Waals surface area contributed by atoms with Crippen molar-refractivity contribution in [1.82, 2.24) is 4.90 Å². The summed E-state index contributed by atoms with van der Waals surface area (Å²) in [5.41, 5.74) is 3.49. The maximum Gasteiger partial charge on any atom is 0.290 e. The predicted molar refractivity (Wildman–Crippen MR) is 110 cm³/mol. The van der Waals surface area contributed by atoms with E-state index in [9.17, 15) is 9.90 Å². The highest BCUT2D eigenvalue weighted by Gasteiger charge is 2.40. The molecule has 3 aromatic rings. The number of aliphatic hydroxyl groups is 1. The summed E-state index contributed by atoms with van der Waals surface area (Å²) in [7, 11) is 0. The Balaban J connectivity index is 1.81. The molecule has 1 amide bonds. The topological polar surface area (TPSA) is 40.5 Å². The largest absolute Gasteiger partial charge is 0.503 e. The fourth-order valence-electron chi connectivity index (χ4n) is 3.50. The Morgan fingerprint density at radius 3 is 2.07 bits per heavy atom. The molecule has 0 fully saturated rings. The Morgan fingerprint density at radius 2 is 1.44 bits per heavy atom. The summed E-state index contributed by atoms with van der Waals surface area (Å²) in [4.78, 5) is 14.7. The maximum absolute atomic E-state index is 13.0. The van der Waals surface area contributed by atoms with Crippen LogP contribution in [0.5, 0.6) is 0 Å². The van der Waals surface area contributed by atoms with Gasteiger partial charge in [0.2, 0.25) is 0 Å². The smallest absolute Gasteiger partial charge is 0.290 e. The molecule has 0 aromatic heterocycles. The van der Waals surface area contributed by atoms with Crippen LogP contribution >= 0.6 is 15.9 Å². The Hall–Kier alpha value is -2.85. The van der Waals surface area contributed by atoms with Gasteiger partial charge in [0, 0.05) is 16.6 Å². The molecule has 0 bridgehead atoms. The molecule has 4 rings (SSSR count). The van der Waals surface area contributed by atoms with Gasteiger partial charge in [-0.15, -0.1) is 0 Å². The van der Waals surface area contributed by atoms with Crippen LogP contribution in [-0.2, 0) is 11.3 Å². The number of rotatable bonds is 4. The van der Waals surface area contributed by atoms with Crippen molar-refractivity contribution in [3.8, 4) is 0 Å². The van der Waals surface area contributed by atoms with Gasteiger partial charge in [0.1, 0.15) is 0 Å². The average Bonchev–Trinajstić information content (AvgIpc) is 2.95. The lowest BCUT2D eigenvalue weighted by Gasteiger charge is -2.27. The molecule has 0 saturated carbocycles. The minimum absolute atomic E-state index is 0.176. The first-order valence-electron chi connectivity index (χ1n) is 8.74. The molecule has 3 nitrogen and oxygen atoms in total. The molecule has 134 valence electrons. The number of carbonyl (C=O) groups is 1. The van der Waals surface area contributed by atoms with Gasteiger partial charge in [-0.1, -0.05) is 88.7 Å². The highest BCUT2D eigenvalue weighted by atomic mass is 79.9. The van der Waals surface area contributed by atoms with Crippen LogP contribution in [0.15, 0.2) is 95.2 Å². The van der Waals surface area contributed by atoms with E-state index < -0.39 is 0 Å². The fourth-order valence-corrected chi connectivity index (χ4v) is 3.77. The quantitative estimate of drug-likeness (QED) is 0.606. The van der Waals surface area contributed by atoms with Gasteiger partial charge in [0.15, 0.2) is 5.76 Å². The summed E-state index contributed by atoms with van der Waals surface area (Å²) in [6, 6.07) is 27.0. The second-order valence-electron chi connectivity index (χ2n) is 6.50. The van der Waals surface area contributed by atoms with Crippen molar-refractivity contribution in [2.24, 2.45) is 0 Å². The molecule has 0 aliphatic carbocycles. The first-order valence-corrected chi connectivity index (χ1v) is 9.53. The van der Waals surface area contributed by atoms with Gasteiger partial charge in [-0.2, -0.15) is 0 Å². The Labute approximate surface area is 166 Å². The van der Waals surface area contributed by atoms with E-state index in [2.05, 4.69) is 15.9 Å². The zero-order chi connectivity index (χ0) is 18.8. The molecule has 1 unspecified atom stereocenters. The summed E-state index contributed by atoms with van der Waals surface area (Å²) in [5.74, 6) is -0.518. The third kappa shape index (κ3) is 3.40. The Morgan fingerprint density at radius 1 is 0.852 bits per heavy atom. The zero-order valence-corrected chi connectivity index (χ0v) is 16.1. The zero-order valence-electron chi connectivity index (χ0n) is 14.5. The van der Waals surface area contributed by atoms with E-state index in [1.54, 1.807) is 4.90 Å². The summed E-state index contributed by atoms with van der Waals surface area (Å²) in [6.45, 7) is 0.431. The van der Waals surface area contributed by atoms with Crippen LogP contribution in [0.4, 0.5) is 0 Å². The molecule has 4 heteroatoms. The number of hydrogen-bond acceptors (Lipinski definition) is 2. The van der Waals surface area contributed by atoms with Crippen molar-refractivity contribution in [2.45, 2.75) is 12.6 Å². The summed E-state index contributed by atoms with van der Waals surface area (Å²) >= 11 is 3.46. The van der Waals surface area contributed by atoms with E-state index in [1.165, 1.54) is 0 Å². The molecule has 1 aliphatic rings. The first-order chi connectivity index (χ1) is 13.1. The van der Waals surface area contributed by atoms with E-state index in [-0.39, 0.29) is 17.7 Å². The van der Waals surface area contributed by atoms with Gasteiger partial charge < -0.3 is 10.0 Å². The molecule has 3 aromatic carbocycles. The van der Waals surface area contributed by atoms with Crippen LogP contribution in [-0.4, -0.2) is 15.9 Å². The van der Waals surface area contributed by atoms with Crippen LogP contribution in [0.1, 0.15) is 22.7 Å². The number of hydrogen-bond donors (Lipinski definition) is 1. The minimum atomic E-state index is -0.342. The number of halogens is 1. The minimum Gasteiger partial charge on any atom is -0.503 e. The highest BCUT2D eigenvalue weighted by Crippen LogP contribution is 2.43. The van der Waals surface area contributed by atoms with E-state index >= 15 is 0 Å². The van der Waals surface area contributed by atoms with Crippen molar-refractivity contribution in [3.63, 3.8) is 0 Å². The second kappa shape index (κ2) is 7.41. The summed E-state index contributed by atoms with van der Waals surface area (Å²) < 4.78 is 0.972. The van der Waals surface area contributed by atoms with Gasteiger partial charge in [0.25, 0.3) is 5.91 Å². The van der Waals surface area contributed by atoms with Gasteiger partial charge in [-0.05, 0) is 28.8 Å². The normalized spacial score (nSPS) is 16.9. The fraction of sp³-hybridized carbons (Fsp3) is 0.0870. The monoisotopic (exact) mass is 419 g/mol. The van der Waals surface area contributed by atoms with E-state index in [4.69, 9.17) is 0 Å². The highest BCUT2D eigenvalue weighted by molar-refractivity contribution is 9.10. The van der Waals surface area contributed by atoms with Crippen LogP contribution in [0.2, 0.25) is 0 Å². The molecule has 1 aliphatic heterocycles. The predicted octanol–water partition coefficient (Wildman–Crippen LogP) is 5.50. The molecule has 27 heavy (non-hydrogen) atoms. The third-order valence-electron chi connectivity index (χ3n) is 4.77. The second-order valence-corrected chi connectivity index (χ2v) is 7.42. The van der Waals surface area contributed by atoms with Crippen LogP contribution in [0.25, 0.3) is 5.57 Å². The molecule has 0 saturated heterocycles. The van der Waals surface area contributed by atoms with E-state index in [1.807, 2.05) is 84.9 Å². The van der Waals surface area contributed by atoms with Gasteiger partial charge in [-0.25, -0.2) is 0 Å². The number of benzene rings is 3. The number of carbonyl (C=O) groups excluding carboxylic acids is 1. The number of amides is 1. The molecule has 0 radical (unpaired) electrons. The van der Waals surface area contributed by atoms with Crippen molar-refractivity contribution < 1.29 is 9.90 Å². The summed E-state index contributed by atoms with van der Waals surface area (Å²) in [5, 5.41) is 10.7. The molecular weight excluding hydrogens is 402 g/mol. The lowest BCUT2D eigenvalue weighted by molar-refractivity contribution is -0.130. The van der Waals surface area contributed by atoms with Gasteiger partial charge >= 0.3 is 0 Å². The van der Waals surface area contributed by atoms with Crippen molar-refractivity contribution in [2.75, 3.05) is 0 Å². The van der Waals surface area contributed by atoms with Crippen molar-refractivity contribution >= 4 is 27.4 Å². The lowest BCUT2D eigenvalue weighted by Crippen LogP contribution is -2.29. The lowest BCUT2D eigenvalue weighted by atomic mass is 9.93. The first kappa shape index (κ1) is 17.6. The van der Waals surface area contributed by atoms with Crippen LogP contribution < -0.4 is 0 Å². The van der Waals surface area contributed by atoms with Gasteiger partial charge in [-0.3, -0.25) is 4.79 Å². The van der Waals surface area contributed by atoms with Crippen molar-refractivity contribution in [3.05, 3.63) is 112 Å². The number of nitrogens with zero attached hydrogens (tertiary/aromatic N) is 1. The van der Waals surface area contributed by atoms with E-state index in [0.29, 0.717) is 12.1 Å². The summed E-state index contributed by atoms with van der Waals surface area (Å²) in [6.07, 6.45) is 0. The van der Waals surface area contributed by atoms with Crippen LogP contribution in [0.3, 0.4) is 0 Å². The SMILES string of the molecule is O=C1C(O)=C(c2ccccc2)C(c2ccc(Br)cc2)N1Cc1ccccc1. The third-order valence-corrected chi connectivity index (χ3v) is 5.30.